The molecule has 2 rings (SSSR count). The molecule has 1 aliphatic rings. The first kappa shape index (κ1) is 13.7. The Morgan fingerprint density at radius 1 is 1.56 bits per heavy atom. The average molecular weight is 292 g/mol. The van der Waals surface area contributed by atoms with Crippen molar-refractivity contribution in [2.75, 3.05) is 25.4 Å². The van der Waals surface area contributed by atoms with E-state index >= 15 is 0 Å². The van der Waals surface area contributed by atoms with Crippen molar-refractivity contribution in [2.24, 2.45) is 0 Å². The molecule has 9 heteroatoms. The summed E-state index contributed by atoms with van der Waals surface area (Å²) in [5, 5.41) is 7.31. The molecule has 1 aliphatic heterocycles. The number of piperidine rings is 1. The number of anilines is 1. The summed E-state index contributed by atoms with van der Waals surface area (Å²) in [6.45, 7) is 3.35. The molecule has 18 heavy (non-hydrogen) atoms. The average Bonchev–Trinajstić information content (AvgIpc) is 2.77. The lowest BCUT2D eigenvalue weighted by Crippen LogP contribution is -2.43. The van der Waals surface area contributed by atoms with E-state index in [9.17, 15) is 8.42 Å². The van der Waals surface area contributed by atoms with E-state index in [1.165, 1.54) is 4.31 Å². The van der Waals surface area contributed by atoms with Gasteiger partial charge >= 0.3 is 0 Å². The minimum Gasteiger partial charge on any atom is -0.377 e. The van der Waals surface area contributed by atoms with Crippen molar-refractivity contribution in [1.82, 2.24) is 14.5 Å². The Balaban J connectivity index is 2.15. The highest BCUT2D eigenvalue weighted by Gasteiger charge is 2.32. The third-order valence-electron chi connectivity index (χ3n) is 2.73. The first-order valence-corrected chi connectivity index (χ1v) is 8.00. The summed E-state index contributed by atoms with van der Waals surface area (Å²) >= 11 is 0.888. The lowest BCUT2D eigenvalue weighted by atomic mass is 10.1. The number of sulfonamides is 1. The Kier molecular flexibility index (Phi) is 4.15. The van der Waals surface area contributed by atoms with Crippen molar-refractivity contribution in [2.45, 2.75) is 30.2 Å². The molecule has 1 aromatic rings. The van der Waals surface area contributed by atoms with Gasteiger partial charge in [-0.3, -0.25) is 0 Å². The highest BCUT2D eigenvalue weighted by molar-refractivity contribution is 7.91. The molecular weight excluding hydrogens is 276 g/mol. The van der Waals surface area contributed by atoms with E-state index in [-0.39, 0.29) is 15.6 Å². The van der Waals surface area contributed by atoms with Gasteiger partial charge < -0.3 is 10.5 Å². The van der Waals surface area contributed by atoms with Crippen LogP contribution in [0.25, 0.3) is 0 Å². The van der Waals surface area contributed by atoms with Gasteiger partial charge in [-0.15, -0.1) is 10.2 Å². The van der Waals surface area contributed by atoms with E-state index in [1.807, 2.05) is 6.92 Å². The molecule has 102 valence electrons. The molecule has 0 spiro atoms. The van der Waals surface area contributed by atoms with Crippen LogP contribution in [0.1, 0.15) is 19.8 Å². The number of nitrogen functional groups attached to an aromatic ring is 1. The van der Waals surface area contributed by atoms with Crippen molar-refractivity contribution in [1.29, 1.82) is 0 Å². The molecule has 1 atom stereocenters. The third kappa shape index (κ3) is 2.79. The van der Waals surface area contributed by atoms with E-state index in [2.05, 4.69) is 10.2 Å². The number of aromatic nitrogens is 2. The topological polar surface area (TPSA) is 98.4 Å². The van der Waals surface area contributed by atoms with Crippen molar-refractivity contribution in [3.8, 4) is 0 Å². The molecule has 1 unspecified atom stereocenters. The molecule has 7 nitrogen and oxygen atoms in total. The molecule has 1 saturated heterocycles. The fourth-order valence-corrected chi connectivity index (χ4v) is 4.36. The molecule has 0 aliphatic carbocycles. The van der Waals surface area contributed by atoms with Gasteiger partial charge in [-0.25, -0.2) is 8.42 Å². The Bertz CT molecular complexity index is 500. The predicted molar refractivity (Wildman–Crippen MR) is 67.7 cm³/mol. The summed E-state index contributed by atoms with van der Waals surface area (Å²) < 4.78 is 31.4. The van der Waals surface area contributed by atoms with Gasteiger partial charge in [0.25, 0.3) is 10.0 Å². The van der Waals surface area contributed by atoms with Crippen LogP contribution in [0.15, 0.2) is 4.34 Å². The summed E-state index contributed by atoms with van der Waals surface area (Å²) in [6.07, 6.45) is 1.64. The fourth-order valence-electron chi connectivity index (χ4n) is 1.93. The summed E-state index contributed by atoms with van der Waals surface area (Å²) in [6, 6.07) is 0. The number of ether oxygens (including phenoxy) is 1. The van der Waals surface area contributed by atoms with Crippen LogP contribution < -0.4 is 5.73 Å². The van der Waals surface area contributed by atoms with Crippen molar-refractivity contribution in [3.63, 3.8) is 0 Å². The van der Waals surface area contributed by atoms with Crippen molar-refractivity contribution in [3.05, 3.63) is 0 Å². The highest BCUT2D eigenvalue weighted by Crippen LogP contribution is 2.24. The Morgan fingerprint density at radius 2 is 2.33 bits per heavy atom. The number of nitrogens with two attached hydrogens (primary N) is 1. The van der Waals surface area contributed by atoms with E-state index in [4.69, 9.17) is 10.5 Å². The maximum absolute atomic E-state index is 12.3. The van der Waals surface area contributed by atoms with Crippen LogP contribution in [0.2, 0.25) is 0 Å². The number of hydrogen-bond acceptors (Lipinski definition) is 7. The monoisotopic (exact) mass is 292 g/mol. The zero-order valence-corrected chi connectivity index (χ0v) is 11.7. The van der Waals surface area contributed by atoms with Gasteiger partial charge in [0, 0.05) is 19.7 Å². The molecule has 1 fully saturated rings. The van der Waals surface area contributed by atoms with Gasteiger partial charge in [0.05, 0.1) is 6.10 Å². The second-order valence-corrected chi connectivity index (χ2v) is 7.11. The molecule has 2 N–H and O–H groups in total. The predicted octanol–water partition coefficient (Wildman–Crippen LogP) is 0.310. The van der Waals surface area contributed by atoms with Crippen LogP contribution in [0, 0.1) is 0 Å². The second-order valence-electron chi connectivity index (χ2n) is 3.99. The smallest absolute Gasteiger partial charge is 0.272 e. The minimum atomic E-state index is -3.57. The van der Waals surface area contributed by atoms with Gasteiger partial charge in [-0.2, -0.15) is 4.31 Å². The first-order valence-electron chi connectivity index (χ1n) is 5.74. The standard InChI is InChI=1S/C9H16N4O3S2/c1-2-16-7-4-3-5-13(6-7)18(14,15)9-12-11-8(10)17-9/h7H,2-6H2,1H3,(H2,10,11). The van der Waals surface area contributed by atoms with Gasteiger partial charge in [-0.05, 0) is 19.8 Å². The van der Waals surface area contributed by atoms with E-state index in [1.54, 1.807) is 0 Å². The Labute approximate surface area is 110 Å². The normalized spacial score (nSPS) is 22.2. The molecule has 1 aromatic heterocycles. The van der Waals surface area contributed by atoms with Crippen LogP contribution in [-0.2, 0) is 14.8 Å². The van der Waals surface area contributed by atoms with Crippen molar-refractivity contribution >= 4 is 26.5 Å². The Morgan fingerprint density at radius 3 is 2.94 bits per heavy atom. The van der Waals surface area contributed by atoms with Crippen LogP contribution >= 0.6 is 11.3 Å². The molecule has 0 bridgehead atoms. The SMILES string of the molecule is CCOC1CCCN(S(=O)(=O)c2nnc(N)s2)C1. The zero-order chi connectivity index (χ0) is 13.2. The van der Waals surface area contributed by atoms with Gasteiger partial charge in [-0.1, -0.05) is 11.3 Å². The van der Waals surface area contributed by atoms with Gasteiger partial charge in [0.15, 0.2) is 0 Å². The fraction of sp³-hybridized carbons (Fsp3) is 0.778. The largest absolute Gasteiger partial charge is 0.377 e. The van der Waals surface area contributed by atoms with Crippen LogP contribution in [0.5, 0.6) is 0 Å². The number of hydrogen-bond donors (Lipinski definition) is 1. The summed E-state index contributed by atoms with van der Waals surface area (Å²) in [7, 11) is -3.57. The molecule has 0 amide bonds. The number of rotatable bonds is 4. The maximum atomic E-state index is 12.3. The summed E-state index contributed by atoms with van der Waals surface area (Å²) in [4.78, 5) is 0. The first-order chi connectivity index (χ1) is 8.54. The molecule has 0 saturated carbocycles. The Hall–Kier alpha value is -0.770. The molecular formula is C9H16N4O3S2. The molecule has 2 heterocycles. The van der Waals surface area contributed by atoms with E-state index < -0.39 is 10.0 Å². The zero-order valence-electron chi connectivity index (χ0n) is 10.1. The minimum absolute atomic E-state index is 0.0382. The number of nitrogens with zero attached hydrogens (tertiary/aromatic N) is 3. The summed E-state index contributed by atoms with van der Waals surface area (Å²) in [5.74, 6) is 0. The second kappa shape index (κ2) is 5.47. The highest BCUT2D eigenvalue weighted by atomic mass is 32.2. The maximum Gasteiger partial charge on any atom is 0.272 e. The summed E-state index contributed by atoms with van der Waals surface area (Å²) in [5.41, 5.74) is 5.42. The van der Waals surface area contributed by atoms with Gasteiger partial charge in [0.1, 0.15) is 0 Å². The lowest BCUT2D eigenvalue weighted by Gasteiger charge is -2.30. The van der Waals surface area contributed by atoms with Crippen molar-refractivity contribution < 1.29 is 13.2 Å². The van der Waals surface area contributed by atoms with E-state index in [0.717, 1.165) is 24.2 Å². The quantitative estimate of drug-likeness (QED) is 0.857. The van der Waals surface area contributed by atoms with Crippen LogP contribution in [0.3, 0.4) is 0 Å². The van der Waals surface area contributed by atoms with Crippen LogP contribution in [0.4, 0.5) is 5.13 Å². The van der Waals surface area contributed by atoms with E-state index in [0.29, 0.717) is 19.7 Å². The lowest BCUT2D eigenvalue weighted by molar-refractivity contribution is 0.0265. The molecule has 0 aromatic carbocycles. The molecule has 0 radical (unpaired) electrons. The van der Waals surface area contributed by atoms with Crippen LogP contribution in [-0.4, -0.2) is 48.7 Å². The third-order valence-corrected chi connectivity index (χ3v) is 5.69. The van der Waals surface area contributed by atoms with Gasteiger partial charge in [0.2, 0.25) is 9.47 Å².